The highest BCUT2D eigenvalue weighted by atomic mass is 35.7. The average molecular weight is 294 g/mol. The standard InChI is InChI=1S/C9H8ClNO4S2/c1-11-7-4-6(17(10,14)15)2-3-8(7)16(13)5-9(11)12/h2-4H,5H2,1H3. The number of hydrogen-bond acceptors (Lipinski definition) is 4. The van der Waals surface area contributed by atoms with Gasteiger partial charge < -0.3 is 4.90 Å². The molecule has 0 N–H and O–H groups in total. The number of carbonyl (C=O) groups excluding carboxylic acids is 1. The van der Waals surface area contributed by atoms with Gasteiger partial charge in [-0.3, -0.25) is 9.00 Å². The number of halogens is 1. The molecule has 0 saturated heterocycles. The van der Waals surface area contributed by atoms with E-state index in [0.29, 0.717) is 10.6 Å². The van der Waals surface area contributed by atoms with E-state index in [1.54, 1.807) is 0 Å². The van der Waals surface area contributed by atoms with E-state index in [-0.39, 0.29) is 16.6 Å². The van der Waals surface area contributed by atoms with Gasteiger partial charge in [0, 0.05) is 17.7 Å². The molecule has 0 bridgehead atoms. The van der Waals surface area contributed by atoms with E-state index in [1.165, 1.54) is 30.1 Å². The summed E-state index contributed by atoms with van der Waals surface area (Å²) in [7, 11) is 1.43. The van der Waals surface area contributed by atoms with Gasteiger partial charge in [0.15, 0.2) is 0 Å². The Labute approximate surface area is 105 Å². The number of rotatable bonds is 1. The van der Waals surface area contributed by atoms with Crippen LogP contribution in [0.3, 0.4) is 0 Å². The van der Waals surface area contributed by atoms with E-state index in [4.69, 9.17) is 10.7 Å². The minimum atomic E-state index is -3.86. The van der Waals surface area contributed by atoms with Crippen LogP contribution in [0.15, 0.2) is 28.0 Å². The molecule has 0 spiro atoms. The molecule has 1 unspecified atom stereocenters. The van der Waals surface area contributed by atoms with Gasteiger partial charge >= 0.3 is 0 Å². The van der Waals surface area contributed by atoms with Crippen molar-refractivity contribution in [3.63, 3.8) is 0 Å². The SMILES string of the molecule is CN1C(=O)CS(=O)c2ccc(S(=O)(=O)Cl)cc21. The first kappa shape index (κ1) is 12.5. The van der Waals surface area contributed by atoms with Gasteiger partial charge in [0.05, 0.1) is 26.3 Å². The van der Waals surface area contributed by atoms with E-state index < -0.39 is 19.9 Å². The zero-order valence-electron chi connectivity index (χ0n) is 8.71. The Balaban J connectivity index is 2.66. The zero-order valence-corrected chi connectivity index (χ0v) is 11.1. The molecule has 1 aromatic carbocycles. The van der Waals surface area contributed by atoms with Crippen LogP contribution in [0.5, 0.6) is 0 Å². The molecule has 8 heteroatoms. The van der Waals surface area contributed by atoms with Crippen molar-refractivity contribution < 1.29 is 17.4 Å². The fourth-order valence-corrected chi connectivity index (χ4v) is 3.52. The second kappa shape index (κ2) is 4.08. The summed E-state index contributed by atoms with van der Waals surface area (Å²) in [5.41, 5.74) is 0.321. The Hall–Kier alpha value is -0.920. The third kappa shape index (κ3) is 2.22. The number of fused-ring (bicyclic) bond motifs is 1. The number of anilines is 1. The molecule has 5 nitrogen and oxygen atoms in total. The molecule has 0 radical (unpaired) electrons. The third-order valence-corrected chi connectivity index (χ3v) is 5.14. The maximum absolute atomic E-state index is 11.7. The Morgan fingerprint density at radius 3 is 2.65 bits per heavy atom. The lowest BCUT2D eigenvalue weighted by Gasteiger charge is -2.25. The Morgan fingerprint density at radius 1 is 1.41 bits per heavy atom. The molecule has 17 heavy (non-hydrogen) atoms. The second-order valence-corrected chi connectivity index (χ2v) is 7.50. The number of carbonyl (C=O) groups is 1. The van der Waals surface area contributed by atoms with E-state index in [0.717, 1.165) is 0 Å². The summed E-state index contributed by atoms with van der Waals surface area (Å²) in [4.78, 5) is 13.1. The predicted octanol–water partition coefficient (Wildman–Crippen LogP) is 0.698. The van der Waals surface area contributed by atoms with E-state index in [2.05, 4.69) is 0 Å². The van der Waals surface area contributed by atoms with Crippen molar-refractivity contribution >= 4 is 42.1 Å². The van der Waals surface area contributed by atoms with Crippen molar-refractivity contribution in [3.05, 3.63) is 18.2 Å². The topological polar surface area (TPSA) is 71.5 Å². The molecule has 1 atom stereocenters. The van der Waals surface area contributed by atoms with Crippen LogP contribution in [0.4, 0.5) is 5.69 Å². The van der Waals surface area contributed by atoms with Crippen LogP contribution in [0.1, 0.15) is 0 Å². The largest absolute Gasteiger partial charge is 0.313 e. The average Bonchev–Trinajstić information content (AvgIpc) is 2.24. The predicted molar refractivity (Wildman–Crippen MR) is 64.2 cm³/mol. The highest BCUT2D eigenvalue weighted by Gasteiger charge is 2.27. The van der Waals surface area contributed by atoms with Gasteiger partial charge in [0.25, 0.3) is 9.05 Å². The first-order valence-electron chi connectivity index (χ1n) is 4.54. The van der Waals surface area contributed by atoms with Crippen LogP contribution in [0, 0.1) is 0 Å². The van der Waals surface area contributed by atoms with Crippen LogP contribution in [0.2, 0.25) is 0 Å². The van der Waals surface area contributed by atoms with Crippen LogP contribution >= 0.6 is 10.7 Å². The van der Waals surface area contributed by atoms with Crippen molar-refractivity contribution in [2.45, 2.75) is 9.79 Å². The van der Waals surface area contributed by atoms with E-state index in [1.807, 2.05) is 0 Å². The molecule has 0 aromatic heterocycles. The monoisotopic (exact) mass is 293 g/mol. The first-order chi connectivity index (χ1) is 7.80. The maximum atomic E-state index is 11.7. The van der Waals surface area contributed by atoms with Gasteiger partial charge in [-0.25, -0.2) is 8.42 Å². The number of hydrogen-bond donors (Lipinski definition) is 0. The molecular formula is C9H8ClNO4S2. The summed E-state index contributed by atoms with van der Waals surface area (Å²) in [6, 6.07) is 3.96. The van der Waals surface area contributed by atoms with Crippen molar-refractivity contribution in [2.75, 3.05) is 17.7 Å². The van der Waals surface area contributed by atoms with Crippen molar-refractivity contribution in [2.24, 2.45) is 0 Å². The molecule has 2 rings (SSSR count). The van der Waals surface area contributed by atoms with Gasteiger partial charge in [-0.05, 0) is 18.2 Å². The van der Waals surface area contributed by atoms with Crippen LogP contribution in [-0.2, 0) is 24.6 Å². The van der Waals surface area contributed by atoms with Crippen molar-refractivity contribution in [3.8, 4) is 0 Å². The highest BCUT2D eigenvalue weighted by molar-refractivity contribution is 8.13. The Bertz CT molecular complexity index is 626. The summed E-state index contributed by atoms with van der Waals surface area (Å²) in [5, 5.41) is 0. The summed E-state index contributed by atoms with van der Waals surface area (Å²) in [6.45, 7) is 0. The van der Waals surface area contributed by atoms with Gasteiger partial charge in [-0.1, -0.05) is 0 Å². The summed E-state index contributed by atoms with van der Waals surface area (Å²) >= 11 is 0. The first-order valence-corrected chi connectivity index (χ1v) is 8.17. The molecule has 1 heterocycles. The van der Waals surface area contributed by atoms with E-state index in [9.17, 15) is 17.4 Å². The normalized spacial score (nSPS) is 20.2. The molecule has 0 aliphatic carbocycles. The molecule has 1 aliphatic heterocycles. The summed E-state index contributed by atoms with van der Waals surface area (Å²) in [5.74, 6) is -0.406. The summed E-state index contributed by atoms with van der Waals surface area (Å²) in [6.07, 6.45) is 0. The minimum absolute atomic E-state index is 0.0868. The molecular weight excluding hydrogens is 286 g/mol. The minimum Gasteiger partial charge on any atom is -0.313 e. The van der Waals surface area contributed by atoms with E-state index >= 15 is 0 Å². The number of nitrogens with zero attached hydrogens (tertiary/aromatic N) is 1. The molecule has 1 aliphatic rings. The van der Waals surface area contributed by atoms with Crippen LogP contribution < -0.4 is 4.90 Å². The second-order valence-electron chi connectivity index (χ2n) is 3.51. The van der Waals surface area contributed by atoms with Gasteiger partial charge in [-0.15, -0.1) is 0 Å². The maximum Gasteiger partial charge on any atom is 0.261 e. The van der Waals surface area contributed by atoms with Gasteiger partial charge in [0.1, 0.15) is 5.75 Å². The Kier molecular flexibility index (Phi) is 3.01. The molecule has 1 amide bonds. The van der Waals surface area contributed by atoms with Crippen LogP contribution in [-0.4, -0.2) is 31.3 Å². The number of benzene rings is 1. The highest BCUT2D eigenvalue weighted by Crippen LogP contribution is 2.31. The van der Waals surface area contributed by atoms with Gasteiger partial charge in [-0.2, -0.15) is 0 Å². The fourth-order valence-electron chi connectivity index (χ4n) is 1.52. The smallest absolute Gasteiger partial charge is 0.261 e. The molecule has 1 aromatic rings. The molecule has 92 valence electrons. The van der Waals surface area contributed by atoms with Gasteiger partial charge in [0.2, 0.25) is 5.91 Å². The quantitative estimate of drug-likeness (QED) is 0.715. The Morgan fingerprint density at radius 2 is 2.06 bits per heavy atom. The lowest BCUT2D eigenvalue weighted by atomic mass is 10.3. The lowest BCUT2D eigenvalue weighted by Crippen LogP contribution is -2.35. The van der Waals surface area contributed by atoms with Crippen molar-refractivity contribution in [1.82, 2.24) is 0 Å². The van der Waals surface area contributed by atoms with Crippen molar-refractivity contribution in [1.29, 1.82) is 0 Å². The number of amides is 1. The molecule has 0 saturated carbocycles. The third-order valence-electron chi connectivity index (χ3n) is 2.45. The lowest BCUT2D eigenvalue weighted by molar-refractivity contribution is -0.116. The summed E-state index contributed by atoms with van der Waals surface area (Å²) < 4.78 is 34.0. The van der Waals surface area contributed by atoms with Crippen LogP contribution in [0.25, 0.3) is 0 Å². The fraction of sp³-hybridized carbons (Fsp3) is 0.222. The zero-order chi connectivity index (χ0) is 12.8. The molecule has 0 fully saturated rings.